The first kappa shape index (κ1) is 16.4. The molecule has 2 aliphatic heterocycles. The summed E-state index contributed by atoms with van der Waals surface area (Å²) >= 11 is 6.07. The topological polar surface area (TPSA) is 32.8 Å². The minimum absolute atomic E-state index is 0.0613. The monoisotopic (exact) mass is 360 g/mol. The van der Waals surface area contributed by atoms with Crippen molar-refractivity contribution in [2.45, 2.75) is 6.42 Å². The van der Waals surface area contributed by atoms with Gasteiger partial charge in [-0.3, -0.25) is 4.79 Å². The van der Waals surface area contributed by atoms with Gasteiger partial charge in [-0.25, -0.2) is 4.39 Å². The average molecular weight is 361 g/mol. The van der Waals surface area contributed by atoms with Gasteiger partial charge in [0.1, 0.15) is 5.82 Å². The molecular formula is C19H18ClFN2O2. The van der Waals surface area contributed by atoms with Crippen LogP contribution in [-0.2, 0) is 11.2 Å². The number of halogens is 2. The van der Waals surface area contributed by atoms with Gasteiger partial charge in [0.05, 0.1) is 23.8 Å². The van der Waals surface area contributed by atoms with Crippen LogP contribution in [0.3, 0.4) is 0 Å². The van der Waals surface area contributed by atoms with Crippen molar-refractivity contribution in [3.8, 4) is 0 Å². The van der Waals surface area contributed by atoms with Gasteiger partial charge in [0.15, 0.2) is 0 Å². The number of hydrogen-bond acceptors (Lipinski definition) is 3. The Morgan fingerprint density at radius 2 is 1.92 bits per heavy atom. The summed E-state index contributed by atoms with van der Waals surface area (Å²) in [5.74, 6) is -0.976. The zero-order valence-electron chi connectivity index (χ0n) is 13.7. The summed E-state index contributed by atoms with van der Waals surface area (Å²) in [4.78, 5) is 16.8. The molecule has 2 aromatic carbocycles. The fourth-order valence-electron chi connectivity index (χ4n) is 3.43. The summed E-state index contributed by atoms with van der Waals surface area (Å²) < 4.78 is 19.5. The number of morpholine rings is 1. The molecule has 0 bridgehead atoms. The second-order valence-electron chi connectivity index (χ2n) is 6.22. The Labute approximate surface area is 150 Å². The molecule has 25 heavy (non-hydrogen) atoms. The lowest BCUT2D eigenvalue weighted by atomic mass is 10.1. The molecule has 2 aromatic rings. The van der Waals surface area contributed by atoms with Crippen LogP contribution < -0.4 is 9.80 Å². The summed E-state index contributed by atoms with van der Waals surface area (Å²) in [6.07, 6.45) is 0.760. The quantitative estimate of drug-likeness (QED) is 0.821. The van der Waals surface area contributed by atoms with Gasteiger partial charge < -0.3 is 14.5 Å². The lowest BCUT2D eigenvalue weighted by molar-refractivity contribution is 0.0985. The van der Waals surface area contributed by atoms with Crippen LogP contribution in [0.25, 0.3) is 0 Å². The van der Waals surface area contributed by atoms with Crippen molar-refractivity contribution in [1.82, 2.24) is 0 Å². The molecule has 0 saturated carbocycles. The van der Waals surface area contributed by atoms with Crippen LogP contribution in [0.5, 0.6) is 0 Å². The average Bonchev–Trinajstić information content (AvgIpc) is 3.05. The van der Waals surface area contributed by atoms with Crippen LogP contribution in [0.4, 0.5) is 15.8 Å². The highest BCUT2D eigenvalue weighted by atomic mass is 35.5. The van der Waals surface area contributed by atoms with Crippen molar-refractivity contribution in [3.63, 3.8) is 0 Å². The molecule has 0 N–H and O–H groups in total. The number of anilines is 2. The molecule has 2 aliphatic rings. The van der Waals surface area contributed by atoms with Gasteiger partial charge in [0, 0.05) is 31.0 Å². The number of ether oxygens (including phenoxy) is 1. The largest absolute Gasteiger partial charge is 0.378 e. The lowest BCUT2D eigenvalue weighted by Crippen LogP contribution is -2.36. The number of carbonyl (C=O) groups excluding carboxylic acids is 1. The molecule has 1 amide bonds. The van der Waals surface area contributed by atoms with E-state index in [4.69, 9.17) is 16.3 Å². The van der Waals surface area contributed by atoms with E-state index in [1.54, 1.807) is 11.0 Å². The molecule has 1 fully saturated rings. The molecule has 0 aliphatic carbocycles. The van der Waals surface area contributed by atoms with Crippen molar-refractivity contribution in [3.05, 3.63) is 58.4 Å². The Balaban J connectivity index is 1.67. The normalized spacial score (nSPS) is 16.9. The summed E-state index contributed by atoms with van der Waals surface area (Å²) in [7, 11) is 0. The minimum atomic E-state index is -0.588. The molecular weight excluding hydrogens is 343 g/mol. The second kappa shape index (κ2) is 6.65. The number of benzene rings is 2. The van der Waals surface area contributed by atoms with E-state index in [9.17, 15) is 9.18 Å². The first-order valence-corrected chi connectivity index (χ1v) is 8.74. The smallest absolute Gasteiger partial charge is 0.262 e. The Bertz CT molecular complexity index is 801. The van der Waals surface area contributed by atoms with E-state index >= 15 is 0 Å². The molecule has 4 nitrogen and oxygen atoms in total. The Kier molecular flexibility index (Phi) is 4.36. The van der Waals surface area contributed by atoms with Gasteiger partial charge in [-0.05, 0) is 36.2 Å². The second-order valence-corrected chi connectivity index (χ2v) is 6.62. The standard InChI is InChI=1S/C19H18ClFN2O2/c20-15-2-1-3-16(21)18(15)19(24)23-7-6-13-4-5-14(12-17(13)23)22-8-10-25-11-9-22/h1-5,12H,6-11H2. The van der Waals surface area contributed by atoms with Gasteiger partial charge in [-0.15, -0.1) is 0 Å². The minimum Gasteiger partial charge on any atom is -0.378 e. The number of nitrogens with zero attached hydrogens (tertiary/aromatic N) is 2. The maximum atomic E-state index is 14.1. The molecule has 0 aromatic heterocycles. The first-order valence-electron chi connectivity index (χ1n) is 8.36. The molecule has 0 unspecified atom stereocenters. The number of rotatable bonds is 2. The molecule has 4 rings (SSSR count). The van der Waals surface area contributed by atoms with Crippen LogP contribution in [0.1, 0.15) is 15.9 Å². The zero-order chi connectivity index (χ0) is 17.4. The van der Waals surface area contributed by atoms with E-state index in [1.165, 1.54) is 12.1 Å². The highest BCUT2D eigenvalue weighted by molar-refractivity contribution is 6.34. The van der Waals surface area contributed by atoms with Gasteiger partial charge >= 0.3 is 0 Å². The third kappa shape index (κ3) is 2.98. The number of fused-ring (bicyclic) bond motifs is 1. The van der Waals surface area contributed by atoms with Crippen LogP contribution in [-0.4, -0.2) is 38.8 Å². The van der Waals surface area contributed by atoms with E-state index in [0.717, 1.165) is 36.4 Å². The van der Waals surface area contributed by atoms with Crippen LogP contribution in [0.15, 0.2) is 36.4 Å². The SMILES string of the molecule is O=C(c1c(F)cccc1Cl)N1CCc2ccc(N3CCOCC3)cc21. The summed E-state index contributed by atoms with van der Waals surface area (Å²) in [6.45, 7) is 3.58. The van der Waals surface area contributed by atoms with Gasteiger partial charge in [0.2, 0.25) is 0 Å². The third-order valence-corrected chi connectivity index (χ3v) is 5.08. The predicted molar refractivity (Wildman–Crippen MR) is 96.3 cm³/mol. The van der Waals surface area contributed by atoms with E-state index in [0.29, 0.717) is 19.8 Å². The van der Waals surface area contributed by atoms with Gasteiger partial charge in [0.25, 0.3) is 5.91 Å². The maximum absolute atomic E-state index is 14.1. The van der Waals surface area contributed by atoms with E-state index in [-0.39, 0.29) is 16.5 Å². The molecule has 1 saturated heterocycles. The van der Waals surface area contributed by atoms with Crippen molar-refractivity contribution in [2.24, 2.45) is 0 Å². The molecule has 0 radical (unpaired) electrons. The fraction of sp³-hybridized carbons (Fsp3) is 0.316. The van der Waals surface area contributed by atoms with Crippen molar-refractivity contribution < 1.29 is 13.9 Å². The van der Waals surface area contributed by atoms with Crippen LogP contribution in [0.2, 0.25) is 5.02 Å². The number of hydrogen-bond donors (Lipinski definition) is 0. The maximum Gasteiger partial charge on any atom is 0.262 e. The molecule has 0 spiro atoms. The Morgan fingerprint density at radius 3 is 2.68 bits per heavy atom. The third-order valence-electron chi connectivity index (χ3n) is 4.76. The van der Waals surface area contributed by atoms with Gasteiger partial charge in [-0.2, -0.15) is 0 Å². The summed E-state index contributed by atoms with van der Waals surface area (Å²) in [5.41, 5.74) is 2.93. The Hall–Kier alpha value is -2.11. The molecule has 6 heteroatoms. The van der Waals surface area contributed by atoms with Crippen LogP contribution >= 0.6 is 11.6 Å². The fourth-order valence-corrected chi connectivity index (χ4v) is 3.68. The number of carbonyl (C=O) groups is 1. The number of amides is 1. The van der Waals surface area contributed by atoms with Crippen molar-refractivity contribution >= 4 is 28.9 Å². The van der Waals surface area contributed by atoms with E-state index < -0.39 is 5.82 Å². The highest BCUT2D eigenvalue weighted by Crippen LogP contribution is 2.34. The van der Waals surface area contributed by atoms with Crippen molar-refractivity contribution in [1.29, 1.82) is 0 Å². The molecule has 130 valence electrons. The van der Waals surface area contributed by atoms with Crippen molar-refractivity contribution in [2.75, 3.05) is 42.6 Å². The van der Waals surface area contributed by atoms with Crippen LogP contribution in [0, 0.1) is 5.82 Å². The zero-order valence-corrected chi connectivity index (χ0v) is 14.4. The van der Waals surface area contributed by atoms with E-state index in [1.807, 2.05) is 6.07 Å². The highest BCUT2D eigenvalue weighted by Gasteiger charge is 2.29. The van der Waals surface area contributed by atoms with Gasteiger partial charge in [-0.1, -0.05) is 23.7 Å². The summed E-state index contributed by atoms with van der Waals surface area (Å²) in [6, 6.07) is 10.5. The predicted octanol–water partition coefficient (Wildman–Crippen LogP) is 3.52. The first-order chi connectivity index (χ1) is 12.1. The molecule has 0 atom stereocenters. The summed E-state index contributed by atoms with van der Waals surface area (Å²) in [5, 5.41) is 0.141. The lowest BCUT2D eigenvalue weighted by Gasteiger charge is -2.29. The Morgan fingerprint density at radius 1 is 1.12 bits per heavy atom. The van der Waals surface area contributed by atoms with E-state index in [2.05, 4.69) is 17.0 Å². The molecule has 2 heterocycles.